The van der Waals surface area contributed by atoms with Crippen molar-refractivity contribution in [3.8, 4) is 5.69 Å². The molecule has 0 atom stereocenters. The summed E-state index contributed by atoms with van der Waals surface area (Å²) in [7, 11) is -0.362. The van der Waals surface area contributed by atoms with Gasteiger partial charge in [0.25, 0.3) is 0 Å². The summed E-state index contributed by atoms with van der Waals surface area (Å²) in [5.41, 5.74) is 12.5. The van der Waals surface area contributed by atoms with Crippen LogP contribution in [-0.4, -0.2) is 62.6 Å². The van der Waals surface area contributed by atoms with Gasteiger partial charge in [0.15, 0.2) is 6.71 Å². The predicted molar refractivity (Wildman–Crippen MR) is 379 cm³/mol. The quantitative estimate of drug-likeness (QED) is 0.0528. The largest absolute Gasteiger partial charge is 0.494 e. The van der Waals surface area contributed by atoms with E-state index < -0.39 is 0 Å². The van der Waals surface area contributed by atoms with E-state index in [1.807, 2.05) is 0 Å². The summed E-state index contributed by atoms with van der Waals surface area (Å²) in [5.74, 6) is 0. The molecule has 0 radical (unpaired) electrons. The molecule has 0 aliphatic carbocycles. The molecule has 3 saturated heterocycles. The summed E-state index contributed by atoms with van der Waals surface area (Å²) in [6.45, 7) is 28.2. The Bertz CT molecular complexity index is 3280. The number of rotatable bonds is 21. The number of fused-ring (bicyclic) bond motifs is 3. The van der Waals surface area contributed by atoms with E-state index in [9.17, 15) is 0 Å². The van der Waals surface area contributed by atoms with Crippen molar-refractivity contribution >= 4 is 127 Å². The number of unbranched alkanes of at least 4 members (excludes halogenated alkanes) is 4. The lowest BCUT2D eigenvalue weighted by atomic mass is 9.42. The third-order valence-corrected chi connectivity index (χ3v) is 21.0. The molecule has 1 aromatic heterocycles. The Morgan fingerprint density at radius 1 is 0.500 bits per heavy atom. The molecule has 454 valence electrons. The van der Waals surface area contributed by atoms with E-state index in [1.165, 1.54) is 88.1 Å². The zero-order chi connectivity index (χ0) is 61.3. The first-order valence-corrected chi connectivity index (χ1v) is 34.4. The van der Waals surface area contributed by atoms with Crippen molar-refractivity contribution in [2.75, 3.05) is 37.9 Å². The van der Waals surface area contributed by atoms with E-state index in [2.05, 4.69) is 300 Å². The smallest absolute Gasteiger partial charge is 0.399 e. The molecule has 4 heterocycles. The van der Waals surface area contributed by atoms with Gasteiger partial charge in [-0.25, -0.2) is 0 Å². The van der Waals surface area contributed by atoms with Crippen molar-refractivity contribution in [2.24, 2.45) is 16.2 Å². The van der Waals surface area contributed by atoms with Gasteiger partial charge >= 0.3 is 7.12 Å². The summed E-state index contributed by atoms with van der Waals surface area (Å²) >= 11 is 14.1. The lowest BCUT2D eigenvalue weighted by molar-refractivity contribution is -0.150. The van der Waals surface area contributed by atoms with Gasteiger partial charge in [-0.1, -0.05) is 191 Å². The predicted octanol–water partition coefficient (Wildman–Crippen LogP) is 20.6. The molecule has 11 rings (SSSR count). The Morgan fingerprint density at radius 2 is 0.953 bits per heavy atom. The van der Waals surface area contributed by atoms with Crippen LogP contribution in [0.5, 0.6) is 0 Å². The Kier molecular flexibility index (Phi) is 22.6. The fourth-order valence-corrected chi connectivity index (χ4v) is 13.1. The molecule has 13 heteroatoms. The fraction of sp³-hybridized carbons (Fsp3) is 0.425. The maximum absolute atomic E-state index is 6.32. The van der Waals surface area contributed by atoms with Gasteiger partial charge in [-0.15, -0.1) is 0 Å². The lowest BCUT2D eigenvalue weighted by Gasteiger charge is -2.40. The number of aromatic nitrogens is 1. The minimum absolute atomic E-state index is 0.320. The van der Waals surface area contributed by atoms with Gasteiger partial charge in [-0.3, -0.25) is 0 Å². The molecule has 7 aromatic carbocycles. The van der Waals surface area contributed by atoms with E-state index in [0.29, 0.717) is 29.6 Å². The molecule has 3 aliphatic rings. The van der Waals surface area contributed by atoms with Crippen LogP contribution in [0.3, 0.4) is 0 Å². The van der Waals surface area contributed by atoms with Gasteiger partial charge in [-0.2, -0.15) is 0 Å². The van der Waals surface area contributed by atoms with Crippen LogP contribution in [0, 0.1) is 16.2 Å². The summed E-state index contributed by atoms with van der Waals surface area (Å²) in [5, 5.41) is 2.49. The monoisotopic (exact) mass is 1410 g/mol. The van der Waals surface area contributed by atoms with Gasteiger partial charge in [0.1, 0.15) is 0 Å². The summed E-state index contributed by atoms with van der Waals surface area (Å²) in [4.78, 5) is 2.37. The van der Waals surface area contributed by atoms with Crippen molar-refractivity contribution < 1.29 is 23.5 Å². The first-order chi connectivity index (χ1) is 41.1. The second-order valence-corrected chi connectivity index (χ2v) is 30.0. The van der Waals surface area contributed by atoms with E-state index in [-0.39, 0.29) is 18.3 Å². The lowest BCUT2D eigenvalue weighted by Crippen LogP contribution is -2.45. The maximum Gasteiger partial charge on any atom is 0.494 e. The Balaban J connectivity index is 0.000000167. The van der Waals surface area contributed by atoms with Gasteiger partial charge in [-0.05, 0) is 196 Å². The molecule has 0 amide bonds. The van der Waals surface area contributed by atoms with Crippen LogP contribution in [0.1, 0.15) is 125 Å². The van der Waals surface area contributed by atoms with Crippen molar-refractivity contribution in [2.45, 2.75) is 151 Å². The third-order valence-electron chi connectivity index (χ3n) is 18.9. The van der Waals surface area contributed by atoms with Crippen molar-refractivity contribution in [1.29, 1.82) is 0 Å². The summed E-state index contributed by atoms with van der Waals surface area (Å²) in [6.07, 6.45) is 11.9. The fourth-order valence-electron chi connectivity index (χ4n) is 11.8. The average Bonchev–Trinajstić information content (AvgIpc) is 2.68. The number of halogens is 4. The number of hydrogen-bond donors (Lipinski definition) is 0. The molecule has 0 saturated carbocycles. The molecule has 0 bridgehead atoms. The molecule has 0 N–H and O–H groups in total. The van der Waals surface area contributed by atoms with Crippen molar-refractivity contribution in [3.63, 3.8) is 0 Å². The highest BCUT2D eigenvalue weighted by atomic mass is 79.9. The SMILES string of the molecule is Brc1ccc(-n2c3ccc(Br)cc3c3cc(Br)ccc32)cc1.CCC1(COCCCCCCOCc2ccc(Br)cc2)COC1.CCCCc1ccc(N(c2ccc(B3CC(C)(C)C(C)(C)C3)cc2)c2ccc(B3OC(C)(C)C(C)(C)O3)cc2)cc1. The van der Waals surface area contributed by atoms with E-state index in [1.54, 1.807) is 0 Å². The highest BCUT2D eigenvalue weighted by Crippen LogP contribution is 2.53. The number of aryl methyl sites for hydroxylation is 1. The normalized spacial score (nSPS) is 17.0. The van der Waals surface area contributed by atoms with Gasteiger partial charge in [0, 0.05) is 70.0 Å². The molecule has 7 nitrogen and oxygen atoms in total. The minimum atomic E-state index is -0.362. The zero-order valence-corrected chi connectivity index (χ0v) is 58.8. The Hall–Kier alpha value is -4.01. The molecule has 0 spiro atoms. The maximum atomic E-state index is 6.32. The first-order valence-electron chi connectivity index (χ1n) is 31.2. The second kappa shape index (κ2) is 29.3. The molecule has 8 aromatic rings. The van der Waals surface area contributed by atoms with Gasteiger partial charge in [0.05, 0.1) is 48.7 Å². The van der Waals surface area contributed by atoms with Crippen LogP contribution in [0.2, 0.25) is 12.6 Å². The molecule has 0 unspecified atom stereocenters. The minimum Gasteiger partial charge on any atom is -0.399 e. The molecule has 86 heavy (non-hydrogen) atoms. The third kappa shape index (κ3) is 16.3. The summed E-state index contributed by atoms with van der Waals surface area (Å²) in [6, 6.07) is 56.7. The number of anilines is 3. The first kappa shape index (κ1) is 66.4. The number of hydrogen-bond acceptors (Lipinski definition) is 6. The van der Waals surface area contributed by atoms with Gasteiger partial charge < -0.3 is 33.0 Å². The van der Waals surface area contributed by atoms with Crippen molar-refractivity contribution in [3.05, 3.63) is 187 Å². The zero-order valence-electron chi connectivity index (χ0n) is 52.4. The highest BCUT2D eigenvalue weighted by Gasteiger charge is 2.52. The molecule has 3 aliphatic heterocycles. The summed E-state index contributed by atoms with van der Waals surface area (Å²) < 4.78 is 36.1. The number of ether oxygens (including phenoxy) is 3. The molecule has 3 fully saturated rings. The van der Waals surface area contributed by atoms with Crippen molar-refractivity contribution in [1.82, 2.24) is 4.57 Å². The Labute approximate surface area is 548 Å². The number of benzene rings is 7. The van der Waals surface area contributed by atoms with Gasteiger partial charge in [0.2, 0.25) is 0 Å². The van der Waals surface area contributed by atoms with Crippen LogP contribution < -0.4 is 15.8 Å². The van der Waals surface area contributed by atoms with E-state index in [0.717, 1.165) is 93.4 Å². The standard InChI is InChI=1S/C36H49B2NO2.C19H29BrO3.C18H10Br3N/c1-10-11-12-27-13-19-30(20-14-27)39(31-21-15-28(16-22-31)37-25-33(2,3)34(4,5)26-37)32-23-17-29(18-24-32)38-40-35(6,7)36(8,9)41-38;1-2-19(15-23-16-19)14-22-12-6-4-3-5-11-21-13-17-7-9-18(20)10-8-17;19-11-1-5-14(6-2-11)22-17-7-3-12(20)9-15(17)16-10-13(21)4-8-18(16)22/h13-24H,10-12,25-26H2,1-9H3;7-10H,2-6,11-16H2,1H3;1-10H. The number of nitrogens with zero attached hydrogens (tertiary/aromatic N) is 2. The second-order valence-electron chi connectivity index (χ2n) is 26.4. The highest BCUT2D eigenvalue weighted by molar-refractivity contribution is 9.11. The Morgan fingerprint density at radius 3 is 1.43 bits per heavy atom. The molecular weight excluding hydrogens is 1330 g/mol. The van der Waals surface area contributed by atoms with Crippen LogP contribution >= 0.6 is 63.7 Å². The van der Waals surface area contributed by atoms with Crippen LogP contribution in [-0.2, 0) is 36.5 Å². The average molecular weight is 1410 g/mol. The topological polar surface area (TPSA) is 54.3 Å². The van der Waals surface area contributed by atoms with Crippen LogP contribution in [0.15, 0.2) is 176 Å². The van der Waals surface area contributed by atoms with Crippen LogP contribution in [0.25, 0.3) is 27.5 Å². The molecular formula is C73H88B2Br4N2O5. The van der Waals surface area contributed by atoms with Crippen LogP contribution in [0.4, 0.5) is 17.1 Å². The van der Waals surface area contributed by atoms with E-state index >= 15 is 0 Å². The van der Waals surface area contributed by atoms with E-state index in [4.69, 9.17) is 23.5 Å².